The molecule has 0 unspecified atom stereocenters. The van der Waals surface area contributed by atoms with E-state index in [1.54, 1.807) is 4.52 Å². The second kappa shape index (κ2) is 6.50. The Labute approximate surface area is 156 Å². The molecule has 5 aromatic rings. The van der Waals surface area contributed by atoms with Crippen molar-refractivity contribution in [1.29, 1.82) is 0 Å². The molecule has 0 saturated heterocycles. The maximum absolute atomic E-state index is 4.69. The summed E-state index contributed by atoms with van der Waals surface area (Å²) in [4.78, 5) is 9.38. The van der Waals surface area contributed by atoms with Crippen LogP contribution in [0.3, 0.4) is 0 Å². The normalized spacial score (nSPS) is 11.0. The topological polar surface area (TPSA) is 43.1 Å². The summed E-state index contributed by atoms with van der Waals surface area (Å²) >= 11 is 0. The van der Waals surface area contributed by atoms with E-state index < -0.39 is 0 Å². The quantitative estimate of drug-likeness (QED) is 0.454. The van der Waals surface area contributed by atoms with E-state index >= 15 is 0 Å². The number of hydrogen-bond donors (Lipinski definition) is 0. The van der Waals surface area contributed by atoms with Gasteiger partial charge in [0.15, 0.2) is 11.5 Å². The first-order chi connectivity index (χ1) is 13.4. The number of aromatic nitrogens is 4. The van der Waals surface area contributed by atoms with Crippen LogP contribution in [0.5, 0.6) is 0 Å². The molecule has 27 heavy (non-hydrogen) atoms. The summed E-state index contributed by atoms with van der Waals surface area (Å²) in [6, 6.07) is 28.5. The molecule has 0 atom stereocenters. The summed E-state index contributed by atoms with van der Waals surface area (Å²) in [5.74, 6) is 0.673. The van der Waals surface area contributed by atoms with Crippen LogP contribution in [-0.2, 0) is 0 Å². The molecule has 3 aromatic heterocycles. The van der Waals surface area contributed by atoms with Gasteiger partial charge in [-0.25, -0.2) is 9.50 Å². The Morgan fingerprint density at radius 1 is 0.667 bits per heavy atom. The second-order valence-corrected chi connectivity index (χ2v) is 6.29. The predicted octanol–water partition coefficient (Wildman–Crippen LogP) is 5.13. The molecule has 0 radical (unpaired) electrons. The maximum atomic E-state index is 4.69. The average molecular weight is 348 g/mol. The molecule has 0 spiro atoms. The lowest BCUT2D eigenvalue weighted by Crippen LogP contribution is -1.92. The molecule has 128 valence electrons. The van der Waals surface area contributed by atoms with Crippen LogP contribution in [0.1, 0.15) is 0 Å². The molecule has 0 saturated carbocycles. The molecule has 2 aromatic carbocycles. The van der Waals surface area contributed by atoms with Gasteiger partial charge in [-0.3, -0.25) is 4.98 Å². The Hall–Kier alpha value is -3.79. The van der Waals surface area contributed by atoms with Crippen LogP contribution in [0.15, 0.2) is 97.3 Å². The van der Waals surface area contributed by atoms with Gasteiger partial charge in [0.2, 0.25) is 0 Å². The van der Waals surface area contributed by atoms with E-state index in [4.69, 9.17) is 4.98 Å². The van der Waals surface area contributed by atoms with Crippen molar-refractivity contribution in [3.8, 4) is 33.8 Å². The third-order valence-electron chi connectivity index (χ3n) is 4.54. The first kappa shape index (κ1) is 15.5. The van der Waals surface area contributed by atoms with Gasteiger partial charge in [-0.1, -0.05) is 66.7 Å². The summed E-state index contributed by atoms with van der Waals surface area (Å²) < 4.78 is 1.79. The van der Waals surface area contributed by atoms with Crippen molar-refractivity contribution < 1.29 is 0 Å². The zero-order valence-electron chi connectivity index (χ0n) is 14.5. The lowest BCUT2D eigenvalue weighted by Gasteiger charge is -2.10. The van der Waals surface area contributed by atoms with Gasteiger partial charge in [-0.05, 0) is 29.3 Å². The smallest absolute Gasteiger partial charge is 0.184 e. The molecular weight excluding hydrogens is 332 g/mol. The van der Waals surface area contributed by atoms with Crippen LogP contribution < -0.4 is 0 Å². The molecule has 0 N–H and O–H groups in total. The zero-order chi connectivity index (χ0) is 18.1. The van der Waals surface area contributed by atoms with Crippen molar-refractivity contribution in [2.75, 3.05) is 0 Å². The minimum atomic E-state index is 0.673. The van der Waals surface area contributed by atoms with Gasteiger partial charge in [-0.2, -0.15) is 0 Å². The Bertz CT molecular complexity index is 1180. The van der Waals surface area contributed by atoms with Crippen molar-refractivity contribution in [2.45, 2.75) is 0 Å². The van der Waals surface area contributed by atoms with Gasteiger partial charge in [0.25, 0.3) is 0 Å². The maximum Gasteiger partial charge on any atom is 0.184 e. The van der Waals surface area contributed by atoms with E-state index in [-0.39, 0.29) is 0 Å². The number of hydrogen-bond acceptors (Lipinski definition) is 3. The number of rotatable bonds is 3. The molecule has 0 amide bonds. The molecule has 4 nitrogen and oxygen atoms in total. The molecule has 0 aliphatic carbocycles. The largest absolute Gasteiger partial charge is 0.255 e. The fraction of sp³-hybridized carbons (Fsp3) is 0. The minimum Gasteiger partial charge on any atom is -0.255 e. The van der Waals surface area contributed by atoms with Crippen LogP contribution in [-0.4, -0.2) is 19.6 Å². The monoisotopic (exact) mass is 348 g/mol. The van der Waals surface area contributed by atoms with Gasteiger partial charge >= 0.3 is 0 Å². The highest BCUT2D eigenvalue weighted by Gasteiger charge is 2.14. The summed E-state index contributed by atoms with van der Waals surface area (Å²) in [5, 5.41) is 4.64. The Morgan fingerprint density at radius 3 is 2.11 bits per heavy atom. The zero-order valence-corrected chi connectivity index (χ0v) is 14.5. The van der Waals surface area contributed by atoms with E-state index in [0.29, 0.717) is 5.82 Å². The summed E-state index contributed by atoms with van der Waals surface area (Å²) in [7, 11) is 0. The van der Waals surface area contributed by atoms with Crippen molar-refractivity contribution in [2.24, 2.45) is 0 Å². The molecule has 0 bridgehead atoms. The highest BCUT2D eigenvalue weighted by molar-refractivity contribution is 5.83. The molecule has 0 aliphatic rings. The van der Waals surface area contributed by atoms with Crippen LogP contribution in [0.2, 0.25) is 0 Å². The highest BCUT2D eigenvalue weighted by Crippen LogP contribution is 2.33. The van der Waals surface area contributed by atoms with Crippen LogP contribution >= 0.6 is 0 Å². The average Bonchev–Trinajstić information content (AvgIpc) is 3.19. The van der Waals surface area contributed by atoms with E-state index in [9.17, 15) is 0 Å². The van der Waals surface area contributed by atoms with Crippen LogP contribution in [0.25, 0.3) is 39.4 Å². The Kier molecular flexibility index (Phi) is 3.72. The van der Waals surface area contributed by atoms with Gasteiger partial charge < -0.3 is 0 Å². The summed E-state index contributed by atoms with van der Waals surface area (Å²) in [5.41, 5.74) is 5.95. The number of nitrogens with zero attached hydrogens (tertiary/aromatic N) is 4. The van der Waals surface area contributed by atoms with Gasteiger partial charge in [0.05, 0.1) is 5.69 Å². The summed E-state index contributed by atoms with van der Waals surface area (Å²) in [6.07, 6.45) is 3.78. The molecular formula is C23H16N4. The fourth-order valence-corrected chi connectivity index (χ4v) is 3.20. The van der Waals surface area contributed by atoms with Gasteiger partial charge in [0, 0.05) is 23.5 Å². The van der Waals surface area contributed by atoms with E-state index in [0.717, 1.165) is 33.6 Å². The SMILES string of the molecule is c1ccc(-c2cc(-c3ccccc3)c(-c3nc4ccccn4n3)cn2)cc1. The number of fused-ring (bicyclic) bond motifs is 1. The Morgan fingerprint density at radius 2 is 1.37 bits per heavy atom. The fourth-order valence-electron chi connectivity index (χ4n) is 3.20. The molecule has 5 rings (SSSR count). The second-order valence-electron chi connectivity index (χ2n) is 6.29. The third kappa shape index (κ3) is 2.87. The summed E-state index contributed by atoms with van der Waals surface area (Å²) in [6.45, 7) is 0. The number of benzene rings is 2. The van der Waals surface area contributed by atoms with E-state index in [2.05, 4.69) is 40.4 Å². The van der Waals surface area contributed by atoms with E-state index in [1.807, 2.05) is 67.0 Å². The van der Waals surface area contributed by atoms with Crippen molar-refractivity contribution in [3.05, 3.63) is 97.3 Å². The van der Waals surface area contributed by atoms with Crippen molar-refractivity contribution in [3.63, 3.8) is 0 Å². The predicted molar refractivity (Wildman–Crippen MR) is 107 cm³/mol. The van der Waals surface area contributed by atoms with Crippen molar-refractivity contribution >= 4 is 5.65 Å². The lowest BCUT2D eigenvalue weighted by molar-refractivity contribution is 0.965. The number of pyridine rings is 2. The Balaban J connectivity index is 1.73. The van der Waals surface area contributed by atoms with Gasteiger partial charge in [0.1, 0.15) is 0 Å². The highest BCUT2D eigenvalue weighted by atomic mass is 15.3. The van der Waals surface area contributed by atoms with Crippen LogP contribution in [0, 0.1) is 0 Å². The first-order valence-corrected chi connectivity index (χ1v) is 8.81. The van der Waals surface area contributed by atoms with Gasteiger partial charge in [-0.15, -0.1) is 5.10 Å². The first-order valence-electron chi connectivity index (χ1n) is 8.81. The molecule has 4 heteroatoms. The molecule has 0 aliphatic heterocycles. The van der Waals surface area contributed by atoms with Crippen LogP contribution in [0.4, 0.5) is 0 Å². The lowest BCUT2D eigenvalue weighted by atomic mass is 9.98. The standard InChI is InChI=1S/C23H16N4/c1-3-9-17(10-4-1)19-15-21(18-11-5-2-6-12-18)24-16-20(19)23-25-22-13-7-8-14-27(22)26-23/h1-16H. The minimum absolute atomic E-state index is 0.673. The molecule has 0 fully saturated rings. The van der Waals surface area contributed by atoms with Crippen molar-refractivity contribution in [1.82, 2.24) is 19.6 Å². The van der Waals surface area contributed by atoms with E-state index in [1.165, 1.54) is 0 Å². The third-order valence-corrected chi connectivity index (χ3v) is 4.54. The molecule has 3 heterocycles.